The molecule has 0 aliphatic carbocycles. The van der Waals surface area contributed by atoms with E-state index < -0.39 is 0 Å². The highest BCUT2D eigenvalue weighted by Gasteiger charge is 2.18. The van der Waals surface area contributed by atoms with Crippen molar-refractivity contribution < 1.29 is 14.3 Å². The molecule has 5 nitrogen and oxygen atoms in total. The molecule has 0 bridgehead atoms. The summed E-state index contributed by atoms with van der Waals surface area (Å²) in [6, 6.07) is 21.9. The molecule has 31 heavy (non-hydrogen) atoms. The smallest absolute Gasteiger partial charge is 0.200 e. The van der Waals surface area contributed by atoms with Crippen molar-refractivity contribution in [1.82, 2.24) is 4.57 Å². The van der Waals surface area contributed by atoms with Gasteiger partial charge < -0.3 is 14.0 Å². The van der Waals surface area contributed by atoms with E-state index in [1.807, 2.05) is 54.0 Å². The maximum absolute atomic E-state index is 13.2. The van der Waals surface area contributed by atoms with Crippen molar-refractivity contribution in [3.8, 4) is 11.5 Å². The van der Waals surface area contributed by atoms with Gasteiger partial charge in [-0.3, -0.25) is 9.59 Å². The number of ether oxygens (including phenoxy) is 2. The molecule has 0 fully saturated rings. The molecule has 156 valence electrons. The van der Waals surface area contributed by atoms with Crippen LogP contribution in [0.15, 0.2) is 83.8 Å². The molecule has 0 atom stereocenters. The van der Waals surface area contributed by atoms with Gasteiger partial charge in [0, 0.05) is 22.7 Å². The van der Waals surface area contributed by atoms with E-state index in [4.69, 9.17) is 9.47 Å². The second-order valence-corrected chi connectivity index (χ2v) is 7.12. The number of para-hydroxylation sites is 2. The van der Waals surface area contributed by atoms with Crippen molar-refractivity contribution in [3.63, 3.8) is 0 Å². The standard InChI is InChI=1S/C26H23NO4/c1-3-31-20-14-12-18(13-15-20)25(28)22-17-27(16-19-8-4-7-11-24(19)30-2)23-10-6-5-9-21(23)26(22)29/h4-15,17H,3,16H2,1-2H3. The number of benzene rings is 3. The quantitative estimate of drug-likeness (QED) is 0.413. The van der Waals surface area contributed by atoms with Crippen molar-refractivity contribution >= 4 is 16.7 Å². The van der Waals surface area contributed by atoms with Crippen LogP contribution in [0.1, 0.15) is 28.4 Å². The van der Waals surface area contributed by atoms with Crippen LogP contribution in [0.4, 0.5) is 0 Å². The predicted octanol–water partition coefficient (Wildman–Crippen LogP) is 4.69. The lowest BCUT2D eigenvalue weighted by atomic mass is 10.0. The second kappa shape index (κ2) is 8.88. The van der Waals surface area contributed by atoms with Crippen LogP contribution in [0.25, 0.3) is 10.9 Å². The summed E-state index contributed by atoms with van der Waals surface area (Å²) in [6.07, 6.45) is 1.65. The van der Waals surface area contributed by atoms with Crippen molar-refractivity contribution in [2.75, 3.05) is 13.7 Å². The van der Waals surface area contributed by atoms with Crippen molar-refractivity contribution in [1.29, 1.82) is 0 Å². The Kier molecular flexibility index (Phi) is 5.85. The van der Waals surface area contributed by atoms with Crippen LogP contribution in [0.2, 0.25) is 0 Å². The number of pyridine rings is 1. The second-order valence-electron chi connectivity index (χ2n) is 7.12. The summed E-state index contributed by atoms with van der Waals surface area (Å²) in [5, 5.41) is 0.509. The molecule has 1 heterocycles. The van der Waals surface area contributed by atoms with Crippen LogP contribution >= 0.6 is 0 Å². The number of hydrogen-bond donors (Lipinski definition) is 0. The van der Waals surface area contributed by atoms with Gasteiger partial charge in [-0.1, -0.05) is 30.3 Å². The van der Waals surface area contributed by atoms with Gasteiger partial charge in [-0.15, -0.1) is 0 Å². The first-order valence-corrected chi connectivity index (χ1v) is 10.1. The largest absolute Gasteiger partial charge is 0.496 e. The molecule has 4 aromatic rings. The van der Waals surface area contributed by atoms with E-state index >= 15 is 0 Å². The van der Waals surface area contributed by atoms with Crippen LogP contribution in [0, 0.1) is 0 Å². The lowest BCUT2D eigenvalue weighted by molar-refractivity contribution is 0.103. The van der Waals surface area contributed by atoms with E-state index in [0.717, 1.165) is 16.8 Å². The van der Waals surface area contributed by atoms with Crippen LogP contribution in [0.3, 0.4) is 0 Å². The van der Waals surface area contributed by atoms with Gasteiger partial charge in [0.1, 0.15) is 11.5 Å². The summed E-state index contributed by atoms with van der Waals surface area (Å²) in [4.78, 5) is 26.4. The summed E-state index contributed by atoms with van der Waals surface area (Å²) in [5.74, 6) is 1.13. The third-order valence-corrected chi connectivity index (χ3v) is 5.19. The minimum absolute atomic E-state index is 0.137. The zero-order valence-corrected chi connectivity index (χ0v) is 17.5. The average molecular weight is 413 g/mol. The Labute approximate surface area is 180 Å². The van der Waals surface area contributed by atoms with Crippen molar-refractivity contribution in [3.05, 3.63) is 106 Å². The normalized spacial score (nSPS) is 10.8. The molecule has 0 radical (unpaired) electrons. The fraction of sp³-hybridized carbons (Fsp3) is 0.154. The molecule has 0 unspecified atom stereocenters. The number of fused-ring (bicyclic) bond motifs is 1. The van der Waals surface area contributed by atoms with E-state index in [9.17, 15) is 9.59 Å². The first kappa shape index (κ1) is 20.4. The highest BCUT2D eigenvalue weighted by molar-refractivity contribution is 6.10. The van der Waals surface area contributed by atoms with Crippen LogP contribution in [0.5, 0.6) is 11.5 Å². The van der Waals surface area contributed by atoms with Gasteiger partial charge in [0.25, 0.3) is 0 Å². The first-order chi connectivity index (χ1) is 15.1. The van der Waals surface area contributed by atoms with Gasteiger partial charge in [0.15, 0.2) is 5.78 Å². The summed E-state index contributed by atoms with van der Waals surface area (Å²) >= 11 is 0. The summed E-state index contributed by atoms with van der Waals surface area (Å²) in [7, 11) is 1.63. The van der Waals surface area contributed by atoms with Crippen molar-refractivity contribution in [2.24, 2.45) is 0 Å². The Balaban J connectivity index is 1.82. The van der Waals surface area contributed by atoms with Gasteiger partial charge in [-0.2, -0.15) is 0 Å². The van der Waals surface area contributed by atoms with E-state index in [-0.39, 0.29) is 16.8 Å². The Hall–Kier alpha value is -3.86. The monoisotopic (exact) mass is 413 g/mol. The molecule has 0 saturated carbocycles. The molecule has 0 aliphatic heterocycles. The number of carbonyl (C=O) groups is 1. The van der Waals surface area contributed by atoms with E-state index in [1.54, 1.807) is 43.6 Å². The molecule has 3 aromatic carbocycles. The van der Waals surface area contributed by atoms with Crippen LogP contribution in [-0.4, -0.2) is 24.1 Å². The number of methoxy groups -OCH3 is 1. The number of ketones is 1. The summed E-state index contributed by atoms with van der Waals surface area (Å²) < 4.78 is 12.9. The zero-order valence-electron chi connectivity index (χ0n) is 17.5. The fourth-order valence-corrected chi connectivity index (χ4v) is 3.68. The predicted molar refractivity (Wildman–Crippen MR) is 121 cm³/mol. The molecule has 1 aromatic heterocycles. The third kappa shape index (κ3) is 4.08. The van der Waals surface area contributed by atoms with Gasteiger partial charge in [-0.25, -0.2) is 0 Å². The highest BCUT2D eigenvalue weighted by atomic mass is 16.5. The van der Waals surface area contributed by atoms with Gasteiger partial charge in [0.2, 0.25) is 5.43 Å². The van der Waals surface area contributed by atoms with E-state index in [1.165, 1.54) is 0 Å². The topological polar surface area (TPSA) is 57.5 Å². The van der Waals surface area contributed by atoms with Gasteiger partial charge in [0.05, 0.1) is 31.3 Å². The Morgan fingerprint density at radius 2 is 1.65 bits per heavy atom. The fourth-order valence-electron chi connectivity index (χ4n) is 3.68. The molecule has 0 saturated heterocycles. The zero-order chi connectivity index (χ0) is 21.8. The molecular weight excluding hydrogens is 390 g/mol. The van der Waals surface area contributed by atoms with Crippen molar-refractivity contribution in [2.45, 2.75) is 13.5 Å². The average Bonchev–Trinajstić information content (AvgIpc) is 2.81. The maximum Gasteiger partial charge on any atom is 0.200 e. The number of carbonyl (C=O) groups excluding carboxylic acids is 1. The Morgan fingerprint density at radius 3 is 2.39 bits per heavy atom. The number of rotatable bonds is 7. The highest BCUT2D eigenvalue weighted by Crippen LogP contribution is 2.22. The number of aromatic nitrogens is 1. The lowest BCUT2D eigenvalue weighted by Gasteiger charge is -2.15. The molecule has 0 spiro atoms. The number of hydrogen-bond acceptors (Lipinski definition) is 4. The summed E-state index contributed by atoms with van der Waals surface area (Å²) in [6.45, 7) is 2.92. The molecule has 0 aliphatic rings. The molecular formula is C26H23NO4. The molecule has 0 N–H and O–H groups in total. The van der Waals surface area contributed by atoms with E-state index in [0.29, 0.717) is 29.9 Å². The third-order valence-electron chi connectivity index (χ3n) is 5.19. The van der Waals surface area contributed by atoms with Gasteiger partial charge in [-0.05, 0) is 49.4 Å². The maximum atomic E-state index is 13.2. The minimum Gasteiger partial charge on any atom is -0.496 e. The summed E-state index contributed by atoms with van der Waals surface area (Å²) in [5.41, 5.74) is 2.03. The first-order valence-electron chi connectivity index (χ1n) is 10.1. The Bertz CT molecular complexity index is 1290. The molecule has 5 heteroatoms. The van der Waals surface area contributed by atoms with Crippen LogP contribution < -0.4 is 14.9 Å². The molecule has 0 amide bonds. The lowest BCUT2D eigenvalue weighted by Crippen LogP contribution is -2.20. The molecule has 4 rings (SSSR count). The van der Waals surface area contributed by atoms with E-state index in [2.05, 4.69) is 0 Å². The minimum atomic E-state index is -0.312. The van der Waals surface area contributed by atoms with Gasteiger partial charge >= 0.3 is 0 Å². The SMILES string of the molecule is CCOc1ccc(C(=O)c2cn(Cc3ccccc3OC)c3ccccc3c2=O)cc1. The van der Waals surface area contributed by atoms with Crippen LogP contribution in [-0.2, 0) is 6.54 Å². The Morgan fingerprint density at radius 1 is 0.935 bits per heavy atom. The number of nitrogens with zero attached hydrogens (tertiary/aromatic N) is 1.